The third kappa shape index (κ3) is 2.07. The predicted octanol–water partition coefficient (Wildman–Crippen LogP) is 1.32. The van der Waals surface area contributed by atoms with Crippen molar-refractivity contribution in [1.29, 1.82) is 0 Å². The molecule has 84 valence electrons. The summed E-state index contributed by atoms with van der Waals surface area (Å²) >= 11 is 1.88. The van der Waals surface area contributed by atoms with Crippen molar-refractivity contribution >= 4 is 40.1 Å². The molecule has 0 unspecified atom stereocenters. The largest absolute Gasteiger partial charge is 0.362 e. The second-order valence-electron chi connectivity index (χ2n) is 3.21. The summed E-state index contributed by atoms with van der Waals surface area (Å²) in [5.74, 6) is -1.26. The van der Waals surface area contributed by atoms with Crippen LogP contribution in [-0.4, -0.2) is 25.0 Å². The molecule has 0 saturated carbocycles. The molecular formula is C10H7FINO3. The summed E-state index contributed by atoms with van der Waals surface area (Å²) in [4.78, 5) is 24.1. The average Bonchev–Trinajstić information content (AvgIpc) is 2.20. The van der Waals surface area contributed by atoms with Crippen molar-refractivity contribution in [3.05, 3.63) is 27.6 Å². The monoisotopic (exact) mass is 335 g/mol. The van der Waals surface area contributed by atoms with Crippen molar-refractivity contribution in [1.82, 2.24) is 0 Å². The van der Waals surface area contributed by atoms with E-state index in [-0.39, 0.29) is 13.2 Å². The maximum atomic E-state index is 12.9. The van der Waals surface area contributed by atoms with Gasteiger partial charge in [-0.05, 0) is 40.8 Å². The summed E-state index contributed by atoms with van der Waals surface area (Å²) < 4.78 is 18.2. The summed E-state index contributed by atoms with van der Waals surface area (Å²) in [7, 11) is 0. The minimum Gasteiger partial charge on any atom is -0.362 e. The Morgan fingerprint density at radius 1 is 1.25 bits per heavy atom. The van der Waals surface area contributed by atoms with Gasteiger partial charge in [0.05, 0.1) is 5.69 Å². The van der Waals surface area contributed by atoms with E-state index in [1.54, 1.807) is 0 Å². The summed E-state index contributed by atoms with van der Waals surface area (Å²) in [6.45, 7) is -0.252. The summed E-state index contributed by atoms with van der Waals surface area (Å²) in [6, 6.07) is 3.90. The second kappa shape index (κ2) is 4.46. The number of ether oxygens (including phenoxy) is 1. The van der Waals surface area contributed by atoms with Gasteiger partial charge in [0.1, 0.15) is 19.0 Å². The quantitative estimate of drug-likeness (QED) is 0.575. The zero-order valence-electron chi connectivity index (χ0n) is 8.07. The van der Waals surface area contributed by atoms with Gasteiger partial charge in [0.15, 0.2) is 0 Å². The Labute approximate surface area is 105 Å². The van der Waals surface area contributed by atoms with Gasteiger partial charge in [-0.2, -0.15) is 0 Å². The highest BCUT2D eigenvalue weighted by molar-refractivity contribution is 14.1. The minimum atomic E-state index is -0.430. The van der Waals surface area contributed by atoms with Crippen LogP contribution in [0.1, 0.15) is 0 Å². The van der Waals surface area contributed by atoms with Crippen LogP contribution in [0.3, 0.4) is 0 Å². The topological polar surface area (TPSA) is 46.6 Å². The maximum Gasteiger partial charge on any atom is 0.259 e. The van der Waals surface area contributed by atoms with E-state index in [4.69, 9.17) is 4.74 Å². The lowest BCUT2D eigenvalue weighted by Gasteiger charge is -2.25. The van der Waals surface area contributed by atoms with Crippen LogP contribution in [0.2, 0.25) is 0 Å². The highest BCUT2D eigenvalue weighted by Gasteiger charge is 2.29. The first kappa shape index (κ1) is 11.5. The number of imide groups is 1. The molecule has 16 heavy (non-hydrogen) atoms. The lowest BCUT2D eigenvalue weighted by atomic mass is 10.2. The molecule has 0 atom stereocenters. The number of rotatable bonds is 1. The first-order chi connectivity index (χ1) is 7.59. The number of carbonyl (C=O) groups is 2. The minimum absolute atomic E-state index is 0.126. The van der Waals surface area contributed by atoms with Crippen LogP contribution >= 0.6 is 22.6 Å². The second-order valence-corrected chi connectivity index (χ2v) is 4.37. The molecule has 1 aliphatic heterocycles. The van der Waals surface area contributed by atoms with E-state index in [1.807, 2.05) is 22.6 Å². The van der Waals surface area contributed by atoms with Crippen molar-refractivity contribution in [2.24, 2.45) is 0 Å². The fourth-order valence-electron chi connectivity index (χ4n) is 1.43. The van der Waals surface area contributed by atoms with Gasteiger partial charge in [-0.25, -0.2) is 9.29 Å². The molecule has 1 heterocycles. The Kier molecular flexibility index (Phi) is 3.20. The van der Waals surface area contributed by atoms with Crippen LogP contribution in [0, 0.1) is 9.39 Å². The third-order valence-electron chi connectivity index (χ3n) is 2.10. The van der Waals surface area contributed by atoms with Gasteiger partial charge in [0, 0.05) is 3.57 Å². The van der Waals surface area contributed by atoms with Crippen LogP contribution in [0.5, 0.6) is 0 Å². The molecule has 4 nitrogen and oxygen atoms in total. The molecule has 0 aliphatic carbocycles. The van der Waals surface area contributed by atoms with Gasteiger partial charge in [0.2, 0.25) is 0 Å². The van der Waals surface area contributed by atoms with Crippen LogP contribution in [0.25, 0.3) is 0 Å². The number of morpholine rings is 1. The lowest BCUT2D eigenvalue weighted by molar-refractivity contribution is -0.138. The summed E-state index contributed by atoms with van der Waals surface area (Å²) in [6.07, 6.45) is 0. The molecule has 2 amide bonds. The van der Waals surface area contributed by atoms with Gasteiger partial charge >= 0.3 is 0 Å². The fourth-order valence-corrected chi connectivity index (χ4v) is 2.14. The van der Waals surface area contributed by atoms with E-state index < -0.39 is 17.6 Å². The van der Waals surface area contributed by atoms with Gasteiger partial charge in [-0.3, -0.25) is 9.59 Å². The molecule has 6 heteroatoms. The van der Waals surface area contributed by atoms with E-state index in [0.29, 0.717) is 9.26 Å². The third-order valence-corrected chi connectivity index (χ3v) is 2.96. The molecule has 0 N–H and O–H groups in total. The van der Waals surface area contributed by atoms with Gasteiger partial charge < -0.3 is 4.74 Å². The normalized spacial score (nSPS) is 16.8. The number of halogens is 2. The molecule has 1 aromatic rings. The molecule has 2 rings (SSSR count). The van der Waals surface area contributed by atoms with Gasteiger partial charge in [-0.1, -0.05) is 0 Å². The van der Waals surface area contributed by atoms with E-state index in [9.17, 15) is 14.0 Å². The van der Waals surface area contributed by atoms with Crippen molar-refractivity contribution in [2.45, 2.75) is 0 Å². The molecular weight excluding hydrogens is 328 g/mol. The fraction of sp³-hybridized carbons (Fsp3) is 0.200. The number of nitrogens with zero attached hydrogens (tertiary/aromatic N) is 1. The number of anilines is 1. The Balaban J connectivity index is 2.42. The Morgan fingerprint density at radius 3 is 2.44 bits per heavy atom. The average molecular weight is 335 g/mol. The standard InChI is InChI=1S/C10H7FINO3/c11-6-1-2-8(7(12)3-6)13-9(14)4-16-5-10(13)15/h1-3H,4-5H2. The number of carbonyl (C=O) groups excluding carboxylic acids is 2. The highest BCUT2D eigenvalue weighted by Crippen LogP contribution is 2.25. The SMILES string of the molecule is O=C1COCC(=O)N1c1ccc(F)cc1I. The molecule has 1 saturated heterocycles. The molecule has 0 spiro atoms. The highest BCUT2D eigenvalue weighted by atomic mass is 127. The van der Waals surface area contributed by atoms with E-state index in [2.05, 4.69) is 0 Å². The van der Waals surface area contributed by atoms with Crippen molar-refractivity contribution < 1.29 is 18.7 Å². The van der Waals surface area contributed by atoms with Crippen LogP contribution in [0.15, 0.2) is 18.2 Å². The van der Waals surface area contributed by atoms with E-state index in [1.165, 1.54) is 18.2 Å². The number of amides is 2. The Hall–Kier alpha value is -1.02. The molecule has 0 bridgehead atoms. The summed E-state index contributed by atoms with van der Waals surface area (Å²) in [5.41, 5.74) is 0.403. The number of hydrogen-bond donors (Lipinski definition) is 0. The van der Waals surface area contributed by atoms with Crippen LogP contribution < -0.4 is 4.90 Å². The van der Waals surface area contributed by atoms with Crippen molar-refractivity contribution in [3.63, 3.8) is 0 Å². The Morgan fingerprint density at radius 2 is 1.88 bits per heavy atom. The van der Waals surface area contributed by atoms with Crippen molar-refractivity contribution in [3.8, 4) is 0 Å². The Bertz CT molecular complexity index is 447. The van der Waals surface area contributed by atoms with Gasteiger partial charge in [0.25, 0.3) is 11.8 Å². The number of hydrogen-bond acceptors (Lipinski definition) is 3. The number of benzene rings is 1. The first-order valence-electron chi connectivity index (χ1n) is 4.48. The first-order valence-corrected chi connectivity index (χ1v) is 5.56. The molecule has 1 aliphatic rings. The van der Waals surface area contributed by atoms with Crippen LogP contribution in [-0.2, 0) is 14.3 Å². The molecule has 0 radical (unpaired) electrons. The molecule has 1 fully saturated rings. The molecule has 0 aromatic heterocycles. The molecule has 1 aromatic carbocycles. The van der Waals surface area contributed by atoms with Crippen molar-refractivity contribution in [2.75, 3.05) is 18.1 Å². The predicted molar refractivity (Wildman–Crippen MR) is 62.4 cm³/mol. The summed E-state index contributed by atoms with van der Waals surface area (Å²) in [5, 5.41) is 0. The lowest BCUT2D eigenvalue weighted by Crippen LogP contribution is -2.46. The van der Waals surface area contributed by atoms with Crippen LogP contribution in [0.4, 0.5) is 10.1 Å². The van der Waals surface area contributed by atoms with E-state index >= 15 is 0 Å². The van der Waals surface area contributed by atoms with Gasteiger partial charge in [-0.15, -0.1) is 0 Å². The van der Waals surface area contributed by atoms with E-state index in [0.717, 1.165) is 4.90 Å². The zero-order valence-corrected chi connectivity index (χ0v) is 10.2. The maximum absolute atomic E-state index is 12.9. The zero-order chi connectivity index (χ0) is 11.7. The smallest absolute Gasteiger partial charge is 0.259 e.